The molecule has 0 aromatic carbocycles. The van der Waals surface area contributed by atoms with Gasteiger partial charge in [0.2, 0.25) is 10.0 Å². The average Bonchev–Trinajstić information content (AvgIpc) is 2.31. The van der Waals surface area contributed by atoms with Crippen LogP contribution in [-0.4, -0.2) is 37.1 Å². The van der Waals surface area contributed by atoms with Gasteiger partial charge in [0.05, 0.1) is 5.25 Å². The van der Waals surface area contributed by atoms with Crippen molar-refractivity contribution in [1.29, 1.82) is 0 Å². The maximum atomic E-state index is 12.5. The highest BCUT2D eigenvalue weighted by atomic mass is 32.2. The largest absolute Gasteiger partial charge is 0.329 e. The van der Waals surface area contributed by atoms with Gasteiger partial charge in [-0.15, -0.1) is 0 Å². The molecule has 0 saturated carbocycles. The number of nitrogens with zero attached hydrogens (tertiary/aromatic N) is 1. The van der Waals surface area contributed by atoms with Gasteiger partial charge >= 0.3 is 0 Å². The van der Waals surface area contributed by atoms with Gasteiger partial charge in [-0.25, -0.2) is 8.42 Å². The molecular formula is C12H26N2O2S. The van der Waals surface area contributed by atoms with Gasteiger partial charge in [-0.05, 0) is 25.7 Å². The number of hydrogen-bond acceptors (Lipinski definition) is 3. The molecule has 4 nitrogen and oxygen atoms in total. The zero-order chi connectivity index (χ0) is 12.9. The number of sulfonamides is 1. The van der Waals surface area contributed by atoms with Gasteiger partial charge < -0.3 is 5.73 Å². The summed E-state index contributed by atoms with van der Waals surface area (Å²) in [7, 11) is -3.19. The third-order valence-corrected chi connectivity index (χ3v) is 6.16. The van der Waals surface area contributed by atoms with Crippen LogP contribution in [0.5, 0.6) is 0 Å². The van der Waals surface area contributed by atoms with E-state index in [0.29, 0.717) is 13.0 Å². The van der Waals surface area contributed by atoms with Gasteiger partial charge in [0.1, 0.15) is 0 Å². The van der Waals surface area contributed by atoms with E-state index in [1.165, 1.54) is 0 Å². The molecule has 0 aliphatic carbocycles. The summed E-state index contributed by atoms with van der Waals surface area (Å²) in [5.74, 6) is 0. The minimum absolute atomic E-state index is 0.208. The van der Waals surface area contributed by atoms with Crippen LogP contribution in [0.4, 0.5) is 0 Å². The van der Waals surface area contributed by atoms with Gasteiger partial charge in [0.15, 0.2) is 0 Å². The van der Waals surface area contributed by atoms with E-state index in [1.54, 1.807) is 4.31 Å². The Bertz CT molecular complexity index is 310. The van der Waals surface area contributed by atoms with E-state index >= 15 is 0 Å². The van der Waals surface area contributed by atoms with Crippen molar-refractivity contribution < 1.29 is 8.42 Å². The number of nitrogens with two attached hydrogens (primary N) is 1. The molecule has 0 spiro atoms. The van der Waals surface area contributed by atoms with Crippen molar-refractivity contribution in [3.8, 4) is 0 Å². The van der Waals surface area contributed by atoms with E-state index in [-0.39, 0.29) is 12.6 Å². The summed E-state index contributed by atoms with van der Waals surface area (Å²) in [6.07, 6.45) is 5.76. The van der Waals surface area contributed by atoms with Crippen LogP contribution >= 0.6 is 0 Å². The van der Waals surface area contributed by atoms with Crippen LogP contribution in [0.2, 0.25) is 0 Å². The van der Waals surface area contributed by atoms with Crippen LogP contribution in [0.25, 0.3) is 0 Å². The average molecular weight is 262 g/mol. The maximum Gasteiger partial charge on any atom is 0.218 e. The molecule has 1 aliphatic heterocycles. The zero-order valence-corrected chi connectivity index (χ0v) is 11.9. The molecule has 0 amide bonds. The maximum absolute atomic E-state index is 12.5. The molecule has 102 valence electrons. The van der Waals surface area contributed by atoms with Crippen LogP contribution in [0.15, 0.2) is 0 Å². The molecule has 1 saturated heterocycles. The van der Waals surface area contributed by atoms with Crippen molar-refractivity contribution in [2.45, 2.75) is 63.7 Å². The van der Waals surface area contributed by atoms with Gasteiger partial charge in [-0.1, -0.05) is 26.7 Å². The van der Waals surface area contributed by atoms with E-state index in [1.807, 2.05) is 6.92 Å². The van der Waals surface area contributed by atoms with Crippen molar-refractivity contribution >= 4 is 10.0 Å². The van der Waals surface area contributed by atoms with Crippen LogP contribution < -0.4 is 5.73 Å². The van der Waals surface area contributed by atoms with E-state index in [0.717, 1.165) is 32.1 Å². The summed E-state index contributed by atoms with van der Waals surface area (Å²) < 4.78 is 26.7. The second-order valence-electron chi connectivity index (χ2n) is 4.86. The topological polar surface area (TPSA) is 63.4 Å². The Labute approximate surface area is 106 Å². The summed E-state index contributed by atoms with van der Waals surface area (Å²) in [6, 6.07) is 0.208. The van der Waals surface area contributed by atoms with Crippen LogP contribution in [0.3, 0.4) is 0 Å². The SMILES string of the molecule is CCCC1CCCCN1S(=O)(=O)C(CC)CN. The zero-order valence-electron chi connectivity index (χ0n) is 11.1. The predicted molar refractivity (Wildman–Crippen MR) is 71.3 cm³/mol. The summed E-state index contributed by atoms with van der Waals surface area (Å²) in [5.41, 5.74) is 5.59. The van der Waals surface area contributed by atoms with Gasteiger partial charge in [0.25, 0.3) is 0 Å². The first kappa shape index (κ1) is 14.9. The normalized spacial score (nSPS) is 24.8. The Morgan fingerprint density at radius 1 is 1.35 bits per heavy atom. The number of hydrogen-bond donors (Lipinski definition) is 1. The molecule has 0 aromatic heterocycles. The van der Waals surface area contributed by atoms with Crippen molar-refractivity contribution in [2.24, 2.45) is 5.73 Å². The standard InChI is InChI=1S/C12H26N2O2S/c1-3-7-11-8-5-6-9-14(11)17(15,16)12(4-2)10-13/h11-12H,3-10,13H2,1-2H3. The van der Waals surface area contributed by atoms with E-state index < -0.39 is 15.3 Å². The van der Waals surface area contributed by atoms with Crippen LogP contribution in [-0.2, 0) is 10.0 Å². The molecule has 1 aliphatic rings. The summed E-state index contributed by atoms with van der Waals surface area (Å²) >= 11 is 0. The minimum atomic E-state index is -3.19. The fourth-order valence-corrected chi connectivity index (χ4v) is 4.68. The van der Waals surface area contributed by atoms with Crippen molar-refractivity contribution in [1.82, 2.24) is 4.31 Å². The van der Waals surface area contributed by atoms with E-state index in [9.17, 15) is 8.42 Å². The second kappa shape index (κ2) is 6.71. The molecule has 1 heterocycles. The second-order valence-corrected chi connectivity index (χ2v) is 7.03. The highest BCUT2D eigenvalue weighted by molar-refractivity contribution is 7.89. The minimum Gasteiger partial charge on any atom is -0.329 e. The Balaban J connectivity index is 2.86. The van der Waals surface area contributed by atoms with Crippen LogP contribution in [0.1, 0.15) is 52.4 Å². The smallest absolute Gasteiger partial charge is 0.218 e. The molecule has 1 rings (SSSR count). The molecule has 2 N–H and O–H groups in total. The number of piperidine rings is 1. The fourth-order valence-electron chi connectivity index (χ4n) is 2.62. The molecular weight excluding hydrogens is 236 g/mol. The van der Waals surface area contributed by atoms with Crippen LogP contribution in [0, 0.1) is 0 Å². The Kier molecular flexibility index (Phi) is 5.89. The molecule has 0 radical (unpaired) electrons. The van der Waals surface area contributed by atoms with E-state index in [2.05, 4.69) is 6.92 Å². The van der Waals surface area contributed by atoms with Gasteiger partial charge in [0, 0.05) is 19.1 Å². The molecule has 0 aromatic rings. The summed E-state index contributed by atoms with van der Waals surface area (Å²) in [5, 5.41) is -0.403. The number of rotatable bonds is 6. The van der Waals surface area contributed by atoms with Crippen molar-refractivity contribution in [3.63, 3.8) is 0 Å². The lowest BCUT2D eigenvalue weighted by atomic mass is 10.0. The molecule has 2 atom stereocenters. The van der Waals surface area contributed by atoms with E-state index in [4.69, 9.17) is 5.73 Å². The molecule has 2 unspecified atom stereocenters. The van der Waals surface area contributed by atoms with Crippen molar-refractivity contribution in [3.05, 3.63) is 0 Å². The van der Waals surface area contributed by atoms with Gasteiger partial charge in [-0.3, -0.25) is 0 Å². The third kappa shape index (κ3) is 3.42. The van der Waals surface area contributed by atoms with Crippen molar-refractivity contribution in [2.75, 3.05) is 13.1 Å². The summed E-state index contributed by atoms with van der Waals surface area (Å²) in [6.45, 7) is 4.92. The quantitative estimate of drug-likeness (QED) is 0.792. The molecule has 1 fully saturated rings. The molecule has 0 bridgehead atoms. The highest BCUT2D eigenvalue weighted by Crippen LogP contribution is 2.26. The third-order valence-electron chi connectivity index (χ3n) is 3.66. The first-order chi connectivity index (χ1) is 8.07. The Morgan fingerprint density at radius 3 is 2.59 bits per heavy atom. The lowest BCUT2D eigenvalue weighted by molar-refractivity contribution is 0.237. The Morgan fingerprint density at radius 2 is 2.06 bits per heavy atom. The molecule has 5 heteroatoms. The predicted octanol–water partition coefficient (Wildman–Crippen LogP) is 1.71. The lowest BCUT2D eigenvalue weighted by Crippen LogP contribution is -2.49. The first-order valence-electron chi connectivity index (χ1n) is 6.78. The first-order valence-corrected chi connectivity index (χ1v) is 8.28. The fraction of sp³-hybridized carbons (Fsp3) is 1.00. The molecule has 17 heavy (non-hydrogen) atoms. The summed E-state index contributed by atoms with van der Waals surface area (Å²) in [4.78, 5) is 0. The Hall–Kier alpha value is -0.130. The monoisotopic (exact) mass is 262 g/mol. The van der Waals surface area contributed by atoms with Gasteiger partial charge in [-0.2, -0.15) is 4.31 Å². The highest BCUT2D eigenvalue weighted by Gasteiger charge is 2.35. The lowest BCUT2D eigenvalue weighted by Gasteiger charge is -2.36.